The van der Waals surface area contributed by atoms with Gasteiger partial charge in [0.15, 0.2) is 5.69 Å². The molecule has 2 aromatic heterocycles. The van der Waals surface area contributed by atoms with Gasteiger partial charge >= 0.3 is 6.18 Å². The third-order valence-corrected chi connectivity index (χ3v) is 7.50. The molecule has 0 aromatic carbocycles. The van der Waals surface area contributed by atoms with Crippen LogP contribution in [0.15, 0.2) is 17.2 Å². The molecule has 1 aliphatic heterocycles. The van der Waals surface area contributed by atoms with E-state index >= 15 is 0 Å². The molecule has 1 amide bonds. The van der Waals surface area contributed by atoms with Gasteiger partial charge in [-0.3, -0.25) is 14.2 Å². The van der Waals surface area contributed by atoms with Gasteiger partial charge in [0.1, 0.15) is 4.90 Å². The number of hydrogen-bond donors (Lipinski definition) is 0. The van der Waals surface area contributed by atoms with E-state index < -0.39 is 27.8 Å². The fourth-order valence-corrected chi connectivity index (χ4v) is 5.11. The van der Waals surface area contributed by atoms with Gasteiger partial charge in [0, 0.05) is 38.9 Å². The van der Waals surface area contributed by atoms with Crippen LogP contribution >= 0.6 is 0 Å². The number of aryl methyl sites for hydroxylation is 2. The molecule has 3 rings (SSSR count). The lowest BCUT2D eigenvalue weighted by atomic mass is 10.1. The number of aromatic nitrogens is 4. The summed E-state index contributed by atoms with van der Waals surface area (Å²) in [6, 6.07) is 0.946. The standard InChI is InChI=1S/C18H25F3N6O3S/c1-12(11-27-13(2)9-16(23-27)18(19,20)21)17(28)25-5-7-26(8-6-25)31(29,30)15-10-22-24(4)14(15)3/h9-10,12H,5-8,11H2,1-4H3. The number of hydrogen-bond acceptors (Lipinski definition) is 5. The highest BCUT2D eigenvalue weighted by atomic mass is 32.2. The minimum absolute atomic E-state index is 0.00807. The second-order valence-corrected chi connectivity index (χ2v) is 9.61. The maximum atomic E-state index is 12.9. The van der Waals surface area contributed by atoms with Gasteiger partial charge in [-0.25, -0.2) is 8.42 Å². The first-order valence-electron chi connectivity index (χ1n) is 9.71. The molecule has 0 spiro atoms. The van der Waals surface area contributed by atoms with Crippen LogP contribution in [0.4, 0.5) is 13.2 Å². The second kappa shape index (κ2) is 8.26. The van der Waals surface area contributed by atoms with Crippen molar-refractivity contribution in [3.05, 3.63) is 29.3 Å². The van der Waals surface area contributed by atoms with Crippen molar-refractivity contribution in [1.29, 1.82) is 0 Å². The summed E-state index contributed by atoms with van der Waals surface area (Å²) in [5.41, 5.74) is -0.149. The van der Waals surface area contributed by atoms with E-state index in [1.165, 1.54) is 31.7 Å². The number of rotatable bonds is 5. The molecular formula is C18H25F3N6O3S. The van der Waals surface area contributed by atoms with E-state index in [4.69, 9.17) is 0 Å². The summed E-state index contributed by atoms with van der Waals surface area (Å²) in [4.78, 5) is 14.5. The number of piperazine rings is 1. The van der Waals surface area contributed by atoms with Crippen molar-refractivity contribution in [1.82, 2.24) is 28.8 Å². The van der Waals surface area contributed by atoms with Gasteiger partial charge in [0.2, 0.25) is 15.9 Å². The van der Waals surface area contributed by atoms with Crippen LogP contribution in [-0.4, -0.2) is 69.3 Å². The van der Waals surface area contributed by atoms with Crippen LogP contribution in [0.25, 0.3) is 0 Å². The summed E-state index contributed by atoms with van der Waals surface area (Å²) in [6.07, 6.45) is -3.23. The van der Waals surface area contributed by atoms with Gasteiger partial charge < -0.3 is 4.90 Å². The van der Waals surface area contributed by atoms with E-state index in [0.29, 0.717) is 11.4 Å². The quantitative estimate of drug-likeness (QED) is 0.670. The number of nitrogens with zero attached hydrogens (tertiary/aromatic N) is 6. The summed E-state index contributed by atoms with van der Waals surface area (Å²) in [5.74, 6) is -0.860. The van der Waals surface area contributed by atoms with Crippen LogP contribution in [0.1, 0.15) is 24.0 Å². The molecule has 2 aromatic rings. The van der Waals surface area contributed by atoms with Crippen molar-refractivity contribution in [2.45, 2.75) is 38.4 Å². The number of alkyl halides is 3. The van der Waals surface area contributed by atoms with Crippen molar-refractivity contribution in [3.8, 4) is 0 Å². The number of halogens is 3. The first-order chi connectivity index (χ1) is 14.3. The number of carbonyl (C=O) groups excluding carboxylic acids is 1. The maximum absolute atomic E-state index is 12.9. The van der Waals surface area contributed by atoms with Gasteiger partial charge in [-0.15, -0.1) is 0 Å². The molecule has 0 saturated carbocycles. The first-order valence-corrected chi connectivity index (χ1v) is 11.2. The molecule has 1 aliphatic rings. The number of sulfonamides is 1. The molecule has 1 unspecified atom stereocenters. The normalized spacial score (nSPS) is 17.2. The Morgan fingerprint density at radius 3 is 2.29 bits per heavy atom. The minimum Gasteiger partial charge on any atom is -0.340 e. The molecule has 172 valence electrons. The molecule has 1 fully saturated rings. The number of carbonyl (C=O) groups is 1. The first kappa shape index (κ1) is 23.3. The highest BCUT2D eigenvalue weighted by Gasteiger charge is 2.36. The molecule has 0 radical (unpaired) electrons. The predicted molar refractivity (Wildman–Crippen MR) is 104 cm³/mol. The van der Waals surface area contributed by atoms with E-state index in [1.54, 1.807) is 20.9 Å². The fourth-order valence-electron chi connectivity index (χ4n) is 3.50. The van der Waals surface area contributed by atoms with Gasteiger partial charge in [0.05, 0.1) is 24.4 Å². The average molecular weight is 462 g/mol. The monoisotopic (exact) mass is 462 g/mol. The number of amides is 1. The van der Waals surface area contributed by atoms with Crippen molar-refractivity contribution < 1.29 is 26.4 Å². The lowest BCUT2D eigenvalue weighted by Gasteiger charge is -2.35. The van der Waals surface area contributed by atoms with Gasteiger partial charge in [-0.1, -0.05) is 6.92 Å². The Bertz CT molecular complexity index is 1070. The van der Waals surface area contributed by atoms with Crippen LogP contribution in [0, 0.1) is 19.8 Å². The van der Waals surface area contributed by atoms with Crippen LogP contribution in [0.3, 0.4) is 0 Å². The topological polar surface area (TPSA) is 93.3 Å². The van der Waals surface area contributed by atoms with Crippen LogP contribution in [0.5, 0.6) is 0 Å². The molecule has 3 heterocycles. The largest absolute Gasteiger partial charge is 0.435 e. The molecular weight excluding hydrogens is 437 g/mol. The summed E-state index contributed by atoms with van der Waals surface area (Å²) >= 11 is 0. The Morgan fingerprint density at radius 1 is 1.19 bits per heavy atom. The molecule has 0 aliphatic carbocycles. The molecule has 1 saturated heterocycles. The summed E-state index contributed by atoms with van der Waals surface area (Å²) < 4.78 is 68.2. The lowest BCUT2D eigenvalue weighted by Crippen LogP contribution is -2.52. The zero-order valence-electron chi connectivity index (χ0n) is 17.7. The fraction of sp³-hybridized carbons (Fsp3) is 0.611. The van der Waals surface area contributed by atoms with Crippen molar-refractivity contribution >= 4 is 15.9 Å². The van der Waals surface area contributed by atoms with Gasteiger partial charge in [-0.05, 0) is 19.9 Å². The Hall–Kier alpha value is -2.41. The summed E-state index contributed by atoms with van der Waals surface area (Å²) in [5, 5.41) is 7.54. The summed E-state index contributed by atoms with van der Waals surface area (Å²) in [7, 11) is -2.06. The van der Waals surface area contributed by atoms with Gasteiger partial charge in [0.25, 0.3) is 0 Å². The van der Waals surface area contributed by atoms with Crippen molar-refractivity contribution in [2.24, 2.45) is 13.0 Å². The van der Waals surface area contributed by atoms with E-state index in [0.717, 1.165) is 6.07 Å². The molecule has 31 heavy (non-hydrogen) atoms. The van der Waals surface area contributed by atoms with E-state index in [2.05, 4.69) is 10.2 Å². The van der Waals surface area contributed by atoms with Crippen LogP contribution < -0.4 is 0 Å². The Kier molecular flexibility index (Phi) is 6.20. The third kappa shape index (κ3) is 4.61. The molecule has 0 bridgehead atoms. The molecule has 1 atom stereocenters. The zero-order valence-corrected chi connectivity index (χ0v) is 18.5. The molecule has 13 heteroatoms. The van der Waals surface area contributed by atoms with E-state index in [9.17, 15) is 26.4 Å². The third-order valence-electron chi connectivity index (χ3n) is 5.50. The Labute approximate surface area is 178 Å². The lowest BCUT2D eigenvalue weighted by molar-refractivity contribution is -0.141. The smallest absolute Gasteiger partial charge is 0.340 e. The summed E-state index contributed by atoms with van der Waals surface area (Å²) in [6.45, 7) is 5.47. The van der Waals surface area contributed by atoms with Crippen LogP contribution in [0.2, 0.25) is 0 Å². The second-order valence-electron chi connectivity index (χ2n) is 7.70. The van der Waals surface area contributed by atoms with Crippen LogP contribution in [-0.2, 0) is 34.6 Å². The minimum atomic E-state index is -4.54. The van der Waals surface area contributed by atoms with Crippen molar-refractivity contribution in [2.75, 3.05) is 26.2 Å². The zero-order chi connectivity index (χ0) is 23.1. The SMILES string of the molecule is Cc1c(S(=O)(=O)N2CCN(C(=O)C(C)Cn3nc(C(F)(F)F)cc3C)CC2)cnn1C. The van der Waals surface area contributed by atoms with E-state index in [-0.39, 0.29) is 43.5 Å². The highest BCUT2D eigenvalue weighted by molar-refractivity contribution is 7.89. The Morgan fingerprint density at radius 2 is 1.81 bits per heavy atom. The van der Waals surface area contributed by atoms with E-state index in [1.807, 2.05) is 0 Å². The maximum Gasteiger partial charge on any atom is 0.435 e. The highest BCUT2D eigenvalue weighted by Crippen LogP contribution is 2.28. The Balaban J connectivity index is 1.62. The van der Waals surface area contributed by atoms with Crippen molar-refractivity contribution in [3.63, 3.8) is 0 Å². The van der Waals surface area contributed by atoms with Gasteiger partial charge in [-0.2, -0.15) is 27.7 Å². The predicted octanol–water partition coefficient (Wildman–Crippen LogP) is 1.42. The molecule has 0 N–H and O–H groups in total. The molecule has 9 nitrogen and oxygen atoms in total. The average Bonchev–Trinajstić information content (AvgIpc) is 3.24.